The lowest BCUT2D eigenvalue weighted by molar-refractivity contribution is 0.0847. The highest BCUT2D eigenvalue weighted by Crippen LogP contribution is 2.39. The first-order valence-electron chi connectivity index (χ1n) is 10.3. The molecule has 1 fully saturated rings. The van der Waals surface area contributed by atoms with Crippen molar-refractivity contribution in [3.05, 3.63) is 73.6 Å². The maximum Gasteiger partial charge on any atom is 0.329 e. The number of aryl methyl sites for hydroxylation is 2. The first-order chi connectivity index (χ1) is 14.9. The molecule has 0 bridgehead atoms. The van der Waals surface area contributed by atoms with Gasteiger partial charge in [-0.25, -0.2) is 9.78 Å². The predicted molar refractivity (Wildman–Crippen MR) is 115 cm³/mol. The van der Waals surface area contributed by atoms with Crippen LogP contribution >= 0.6 is 0 Å². The zero-order chi connectivity index (χ0) is 22.1. The molecule has 2 heterocycles. The number of pyridine rings is 1. The van der Waals surface area contributed by atoms with E-state index in [4.69, 9.17) is 0 Å². The molecule has 1 saturated carbocycles. The van der Waals surface area contributed by atoms with Crippen LogP contribution in [0.1, 0.15) is 64.6 Å². The predicted octanol–water partition coefficient (Wildman–Crippen LogP) is 1.62. The minimum absolute atomic E-state index is 0.0184. The Balaban J connectivity index is 1.67. The van der Waals surface area contributed by atoms with Gasteiger partial charge in [0.25, 0.3) is 17.4 Å². The highest BCUT2D eigenvalue weighted by Gasteiger charge is 2.28. The summed E-state index contributed by atoms with van der Waals surface area (Å²) in [5, 5.41) is 0.0184. The molecule has 1 aliphatic carbocycles. The summed E-state index contributed by atoms with van der Waals surface area (Å²) in [5.74, 6) is -0.932. The summed E-state index contributed by atoms with van der Waals surface area (Å²) in [4.78, 5) is 56.8. The monoisotopic (exact) mass is 421 g/mol. The van der Waals surface area contributed by atoms with Crippen LogP contribution in [0.15, 0.2) is 39.9 Å². The third-order valence-electron chi connectivity index (χ3n) is 5.44. The van der Waals surface area contributed by atoms with Crippen molar-refractivity contribution in [2.75, 3.05) is 0 Å². The molecule has 0 aliphatic heterocycles. The number of nitrogens with one attached hydrogen (secondary N) is 3. The number of fused-ring (bicyclic) bond motifs is 1. The number of rotatable bonds is 5. The van der Waals surface area contributed by atoms with Gasteiger partial charge in [0.2, 0.25) is 0 Å². The van der Waals surface area contributed by atoms with E-state index in [9.17, 15) is 19.2 Å². The van der Waals surface area contributed by atoms with Crippen LogP contribution in [-0.2, 0) is 13.0 Å². The maximum absolute atomic E-state index is 12.9. The highest BCUT2D eigenvalue weighted by atomic mass is 16.2. The van der Waals surface area contributed by atoms with Gasteiger partial charge in [0.15, 0.2) is 5.65 Å². The molecule has 0 spiro atoms. The molecule has 1 aliphatic rings. The fraction of sp³-hybridized carbons (Fsp3) is 0.318. The molecular formula is C22H23N5O4. The lowest BCUT2D eigenvalue weighted by Gasteiger charge is -2.13. The number of carbonyl (C=O) groups excluding carboxylic acids is 2. The fourth-order valence-corrected chi connectivity index (χ4v) is 3.50. The molecule has 9 heteroatoms. The van der Waals surface area contributed by atoms with Gasteiger partial charge in [-0.3, -0.25) is 34.8 Å². The zero-order valence-electron chi connectivity index (χ0n) is 17.3. The molecule has 3 aromatic rings. The summed E-state index contributed by atoms with van der Waals surface area (Å²) >= 11 is 0. The maximum atomic E-state index is 12.9. The van der Waals surface area contributed by atoms with Crippen molar-refractivity contribution in [2.24, 2.45) is 0 Å². The Morgan fingerprint density at radius 3 is 2.39 bits per heavy atom. The van der Waals surface area contributed by atoms with E-state index in [1.807, 2.05) is 19.1 Å². The Labute approximate surface area is 177 Å². The molecule has 0 saturated heterocycles. The van der Waals surface area contributed by atoms with E-state index < -0.39 is 23.1 Å². The summed E-state index contributed by atoms with van der Waals surface area (Å²) < 4.78 is 1.33. The lowest BCUT2D eigenvalue weighted by Crippen LogP contribution is -2.42. The normalized spacial score (nSPS) is 13.2. The number of carbonyl (C=O) groups is 2. The number of hydrogen-bond donors (Lipinski definition) is 3. The summed E-state index contributed by atoms with van der Waals surface area (Å²) in [6.45, 7) is 4.07. The number of aromatic nitrogens is 3. The lowest BCUT2D eigenvalue weighted by atomic mass is 10.1. The van der Waals surface area contributed by atoms with Crippen LogP contribution < -0.4 is 22.1 Å². The second-order valence-corrected chi connectivity index (χ2v) is 7.53. The van der Waals surface area contributed by atoms with Crippen LogP contribution in [0, 0.1) is 0 Å². The van der Waals surface area contributed by atoms with E-state index in [0.29, 0.717) is 17.8 Å². The minimum atomic E-state index is -0.689. The van der Waals surface area contributed by atoms with Gasteiger partial charge in [0.05, 0.1) is 10.9 Å². The van der Waals surface area contributed by atoms with E-state index in [1.54, 1.807) is 25.1 Å². The molecule has 0 radical (unpaired) electrons. The Morgan fingerprint density at radius 2 is 1.77 bits per heavy atom. The van der Waals surface area contributed by atoms with E-state index >= 15 is 0 Å². The summed E-state index contributed by atoms with van der Waals surface area (Å²) in [5.41, 5.74) is 5.89. The van der Waals surface area contributed by atoms with Gasteiger partial charge in [-0.1, -0.05) is 19.1 Å². The molecule has 160 valence electrons. The second kappa shape index (κ2) is 8.17. The molecule has 1 aromatic carbocycles. The van der Waals surface area contributed by atoms with Gasteiger partial charge in [0.1, 0.15) is 0 Å². The highest BCUT2D eigenvalue weighted by molar-refractivity contribution is 6.06. The van der Waals surface area contributed by atoms with Gasteiger partial charge < -0.3 is 0 Å². The molecular weight excluding hydrogens is 398 g/mol. The van der Waals surface area contributed by atoms with Gasteiger partial charge in [-0.05, 0) is 49.9 Å². The summed E-state index contributed by atoms with van der Waals surface area (Å²) in [6, 6.07) is 8.62. The zero-order valence-corrected chi connectivity index (χ0v) is 17.3. The third-order valence-corrected chi connectivity index (χ3v) is 5.44. The molecule has 0 unspecified atom stereocenters. The average molecular weight is 421 g/mol. The van der Waals surface area contributed by atoms with Crippen LogP contribution in [0.2, 0.25) is 0 Å². The van der Waals surface area contributed by atoms with Crippen molar-refractivity contribution >= 4 is 22.8 Å². The minimum Gasteiger partial charge on any atom is -0.278 e. The van der Waals surface area contributed by atoms with Crippen LogP contribution in [0.25, 0.3) is 11.0 Å². The van der Waals surface area contributed by atoms with E-state index in [1.165, 1.54) is 4.57 Å². The smallest absolute Gasteiger partial charge is 0.278 e. The number of amides is 2. The Kier molecular flexibility index (Phi) is 5.41. The van der Waals surface area contributed by atoms with Gasteiger partial charge in [-0.15, -0.1) is 0 Å². The molecule has 2 amide bonds. The summed E-state index contributed by atoms with van der Waals surface area (Å²) in [7, 11) is 0. The van der Waals surface area contributed by atoms with Gasteiger partial charge in [0, 0.05) is 23.7 Å². The van der Waals surface area contributed by atoms with Crippen molar-refractivity contribution in [3.8, 4) is 0 Å². The number of hydrogen-bond acceptors (Lipinski definition) is 5. The van der Waals surface area contributed by atoms with Crippen LogP contribution in [0.5, 0.6) is 0 Å². The number of benzene rings is 1. The number of aromatic amines is 1. The molecule has 4 rings (SSSR count). The molecule has 2 aromatic heterocycles. The van der Waals surface area contributed by atoms with Crippen molar-refractivity contribution in [3.63, 3.8) is 0 Å². The first kappa shape index (κ1) is 20.5. The number of hydrazine groups is 1. The topological polar surface area (TPSA) is 126 Å². The van der Waals surface area contributed by atoms with Crippen LogP contribution in [0.4, 0.5) is 0 Å². The van der Waals surface area contributed by atoms with Crippen molar-refractivity contribution in [1.82, 2.24) is 25.4 Å². The average Bonchev–Trinajstić information content (AvgIpc) is 3.62. The first-order valence-corrected chi connectivity index (χ1v) is 10.3. The standard InChI is InChI=1S/C22H23N5O4/c1-3-12-5-7-14(8-6-12)19(28)25-26-20(29)15-11-16(13-9-10-13)23-18-17(15)21(30)24-22(31)27(18)4-2/h5-8,11,13H,3-4,9-10H2,1-2H3,(H,25,28)(H,26,29)(H,24,30,31). The van der Waals surface area contributed by atoms with Crippen molar-refractivity contribution in [2.45, 2.75) is 45.6 Å². The largest absolute Gasteiger partial charge is 0.329 e. The third kappa shape index (κ3) is 3.98. The molecule has 31 heavy (non-hydrogen) atoms. The van der Waals surface area contributed by atoms with Gasteiger partial charge in [-0.2, -0.15) is 0 Å². The molecule has 3 N–H and O–H groups in total. The quantitative estimate of drug-likeness (QED) is 0.540. The summed E-state index contributed by atoms with van der Waals surface area (Å²) in [6.07, 6.45) is 2.72. The number of H-pyrrole nitrogens is 1. The molecule has 0 atom stereocenters. The van der Waals surface area contributed by atoms with E-state index in [2.05, 4.69) is 20.8 Å². The van der Waals surface area contributed by atoms with Crippen LogP contribution in [-0.4, -0.2) is 26.3 Å². The molecule has 9 nitrogen and oxygen atoms in total. The Hall–Kier alpha value is -3.75. The van der Waals surface area contributed by atoms with Crippen LogP contribution in [0.3, 0.4) is 0 Å². The van der Waals surface area contributed by atoms with E-state index in [-0.39, 0.29) is 22.5 Å². The van der Waals surface area contributed by atoms with E-state index in [0.717, 1.165) is 24.8 Å². The Bertz CT molecular complexity index is 1290. The Morgan fingerprint density at radius 1 is 1.10 bits per heavy atom. The van der Waals surface area contributed by atoms with Gasteiger partial charge >= 0.3 is 5.69 Å². The second-order valence-electron chi connectivity index (χ2n) is 7.53. The SMILES string of the molecule is CCc1ccc(C(=O)NNC(=O)c2cc(C3CC3)nc3c2c(=O)[nH]c(=O)n3CC)cc1. The van der Waals surface area contributed by atoms with Crippen molar-refractivity contribution < 1.29 is 9.59 Å². The number of nitrogens with zero attached hydrogens (tertiary/aromatic N) is 2. The fourth-order valence-electron chi connectivity index (χ4n) is 3.50. The van der Waals surface area contributed by atoms with Crippen molar-refractivity contribution in [1.29, 1.82) is 0 Å².